The third-order valence-corrected chi connectivity index (χ3v) is 11.0. The molecule has 0 spiro atoms. The van der Waals surface area contributed by atoms with Gasteiger partial charge in [-0.3, -0.25) is 4.79 Å². The molecule has 0 heterocycles. The lowest BCUT2D eigenvalue weighted by molar-refractivity contribution is -0.154. The smallest absolute Gasteiger partial charge is 0.412 e. The second kappa shape index (κ2) is 23.0. The Kier molecular flexibility index (Phi) is 15.9. The molecule has 9 nitrogen and oxygen atoms in total. The first-order valence-corrected chi connectivity index (χ1v) is 21.9. The van der Waals surface area contributed by atoms with Crippen molar-refractivity contribution in [2.24, 2.45) is 0 Å². The van der Waals surface area contributed by atoms with Gasteiger partial charge in [0.05, 0.1) is 20.8 Å². The van der Waals surface area contributed by atoms with Crippen molar-refractivity contribution >= 4 is 40.3 Å². The van der Waals surface area contributed by atoms with Gasteiger partial charge in [-0.15, -0.1) is 0 Å². The normalized spacial score (nSPS) is 11.6. The highest BCUT2D eigenvalue weighted by Crippen LogP contribution is 2.38. The first-order chi connectivity index (χ1) is 32.3. The summed E-state index contributed by atoms with van der Waals surface area (Å²) in [4.78, 5) is 37.6. The number of carbonyl (C=O) groups is 3. The number of nitrogens with one attached hydrogen (secondary N) is 2. The van der Waals surface area contributed by atoms with Gasteiger partial charge in [0, 0.05) is 13.1 Å². The zero-order valence-electron chi connectivity index (χ0n) is 37.3. The number of rotatable bonds is 17. The molecule has 0 aromatic heterocycles. The molecular formula is C57H52N2O7. The second-order valence-corrected chi connectivity index (χ2v) is 15.2. The molecule has 0 aliphatic rings. The van der Waals surface area contributed by atoms with Crippen molar-refractivity contribution < 1.29 is 33.3 Å². The van der Waals surface area contributed by atoms with Crippen molar-refractivity contribution in [3.05, 3.63) is 221 Å². The van der Waals surface area contributed by atoms with Crippen molar-refractivity contribution in [1.29, 1.82) is 0 Å². The molecular weight excluding hydrogens is 825 g/mol. The van der Waals surface area contributed by atoms with Crippen molar-refractivity contribution in [2.45, 2.75) is 19.8 Å². The van der Waals surface area contributed by atoms with Gasteiger partial charge in [0.1, 0.15) is 17.2 Å². The number of hydrogen-bond donors (Lipinski definition) is 2. The number of ether oxygens (including phenoxy) is 4. The Balaban J connectivity index is 1.24. The van der Waals surface area contributed by atoms with Crippen LogP contribution in [0, 0.1) is 0 Å². The first-order valence-electron chi connectivity index (χ1n) is 21.9. The lowest BCUT2D eigenvalue weighted by atomic mass is 9.86. The zero-order valence-corrected chi connectivity index (χ0v) is 37.3. The molecule has 0 unspecified atom stereocenters. The van der Waals surface area contributed by atoms with Crippen molar-refractivity contribution in [2.75, 3.05) is 33.9 Å². The Morgan fingerprint density at radius 3 is 1.26 bits per heavy atom. The van der Waals surface area contributed by atoms with Crippen LogP contribution in [0.5, 0.6) is 17.2 Å². The number of hydrogen-bond acceptors (Lipinski definition) is 7. The number of amides is 2. The highest BCUT2D eigenvalue weighted by atomic mass is 16.6. The van der Waals surface area contributed by atoms with Gasteiger partial charge in [0.25, 0.3) is 0 Å². The Morgan fingerprint density at radius 2 is 0.803 bits per heavy atom. The Bertz CT molecular complexity index is 2750. The average Bonchev–Trinajstić information content (AvgIpc) is 3.37. The van der Waals surface area contributed by atoms with Crippen molar-refractivity contribution in [1.82, 2.24) is 10.6 Å². The maximum absolute atomic E-state index is 12.9. The summed E-state index contributed by atoms with van der Waals surface area (Å²) >= 11 is 0. The standard InChI is InChI=1S/C57H52N2O7/c1-4-65-56(61)55(60)58-38-36-51(42-14-8-5-9-15-42)54(47-30-34-49(64-3)35-31-47)45-26-22-41(23-27-45)40-20-24-43(25-21-40)52(37-39-59-57(62)66-50-18-12-7-13-19-50)53(44-16-10-6-11-17-44)46-28-32-48(63-2)33-29-46/h5-35H,4,36-39H2,1-3H3,(H,58,60)(H,59,62)/b53-52-,54-51-. The van der Waals surface area contributed by atoms with E-state index in [-0.39, 0.29) is 13.2 Å². The molecule has 0 radical (unpaired) electrons. The lowest BCUT2D eigenvalue weighted by Crippen LogP contribution is -2.33. The van der Waals surface area contributed by atoms with E-state index >= 15 is 0 Å². The molecule has 7 aromatic rings. The molecule has 7 rings (SSSR count). The van der Waals surface area contributed by atoms with E-state index in [2.05, 4.69) is 95.6 Å². The summed E-state index contributed by atoms with van der Waals surface area (Å²) in [6.07, 6.45) is 0.442. The third kappa shape index (κ3) is 11.9. The fourth-order valence-electron chi connectivity index (χ4n) is 7.80. The van der Waals surface area contributed by atoms with Crippen LogP contribution in [0.4, 0.5) is 4.79 Å². The molecule has 9 heteroatoms. The largest absolute Gasteiger partial charge is 0.497 e. The minimum Gasteiger partial charge on any atom is -0.497 e. The minimum atomic E-state index is -0.902. The van der Waals surface area contributed by atoms with Gasteiger partial charge in [-0.1, -0.05) is 152 Å². The van der Waals surface area contributed by atoms with Gasteiger partial charge in [-0.2, -0.15) is 0 Å². The Morgan fingerprint density at radius 1 is 0.424 bits per heavy atom. The maximum Gasteiger partial charge on any atom is 0.412 e. The third-order valence-electron chi connectivity index (χ3n) is 11.0. The molecule has 0 aliphatic carbocycles. The van der Waals surface area contributed by atoms with Crippen molar-refractivity contribution in [3.8, 4) is 28.4 Å². The van der Waals surface area contributed by atoms with E-state index in [9.17, 15) is 14.4 Å². The molecule has 66 heavy (non-hydrogen) atoms. The minimum absolute atomic E-state index is 0.119. The summed E-state index contributed by atoms with van der Waals surface area (Å²) in [7, 11) is 3.30. The molecule has 0 atom stereocenters. The summed E-state index contributed by atoms with van der Waals surface area (Å²) in [5.41, 5.74) is 12.1. The summed E-state index contributed by atoms with van der Waals surface area (Å²) in [6.45, 7) is 2.34. The number of esters is 1. The van der Waals surface area contributed by atoms with E-state index in [0.717, 1.165) is 78.3 Å². The van der Waals surface area contributed by atoms with Crippen LogP contribution in [0.2, 0.25) is 0 Å². The van der Waals surface area contributed by atoms with E-state index in [1.165, 1.54) is 0 Å². The Hall–Kier alpha value is -8.17. The predicted octanol–water partition coefficient (Wildman–Crippen LogP) is 11.5. The van der Waals surface area contributed by atoms with Gasteiger partial charge in [-0.05, 0) is 123 Å². The number of carbonyl (C=O) groups excluding carboxylic acids is 3. The van der Waals surface area contributed by atoms with Crippen LogP contribution < -0.4 is 24.8 Å². The van der Waals surface area contributed by atoms with Gasteiger partial charge in [0.15, 0.2) is 0 Å². The highest BCUT2D eigenvalue weighted by molar-refractivity contribution is 6.32. The predicted molar refractivity (Wildman–Crippen MR) is 262 cm³/mol. The van der Waals surface area contributed by atoms with Crippen LogP contribution in [-0.2, 0) is 14.3 Å². The molecule has 0 saturated heterocycles. The summed E-state index contributed by atoms with van der Waals surface area (Å²) in [5, 5.41) is 5.70. The SMILES string of the molecule is CCOC(=O)C(=O)NCC/C(=C(/c1ccc(OC)cc1)c1ccc(-c2ccc(/C(CCNC(=O)Oc3ccccc3)=C(/c3ccccc3)c3ccc(OC)cc3)cc2)cc1)c1ccccc1. The molecule has 0 fully saturated rings. The summed E-state index contributed by atoms with van der Waals surface area (Å²) in [5.74, 6) is 0.293. The lowest BCUT2D eigenvalue weighted by Gasteiger charge is -2.19. The second-order valence-electron chi connectivity index (χ2n) is 15.2. The molecule has 7 aromatic carbocycles. The quantitative estimate of drug-likeness (QED) is 0.0532. The Labute approximate surface area is 386 Å². The number of methoxy groups -OCH3 is 2. The molecule has 0 aliphatic heterocycles. The highest BCUT2D eigenvalue weighted by Gasteiger charge is 2.19. The van der Waals surface area contributed by atoms with E-state index < -0.39 is 18.0 Å². The fraction of sp³-hybridized carbons (Fsp3) is 0.140. The monoisotopic (exact) mass is 876 g/mol. The molecule has 2 N–H and O–H groups in total. The molecule has 2 amide bonds. The van der Waals surface area contributed by atoms with Gasteiger partial charge >= 0.3 is 18.0 Å². The van der Waals surface area contributed by atoms with Gasteiger partial charge < -0.3 is 29.6 Å². The molecule has 0 bridgehead atoms. The summed E-state index contributed by atoms with van der Waals surface area (Å²) in [6, 6.07) is 62.3. The van der Waals surface area contributed by atoms with Gasteiger partial charge in [-0.25, -0.2) is 9.59 Å². The first kappa shape index (κ1) is 45.8. The molecule has 332 valence electrons. The van der Waals surface area contributed by atoms with Gasteiger partial charge in [0.2, 0.25) is 0 Å². The van der Waals surface area contributed by atoms with Crippen LogP contribution in [0.3, 0.4) is 0 Å². The van der Waals surface area contributed by atoms with Crippen LogP contribution in [-0.4, -0.2) is 51.9 Å². The van der Waals surface area contributed by atoms with E-state index in [1.807, 2.05) is 91.0 Å². The van der Waals surface area contributed by atoms with E-state index in [1.54, 1.807) is 33.3 Å². The number of para-hydroxylation sites is 1. The van der Waals surface area contributed by atoms with Crippen molar-refractivity contribution in [3.63, 3.8) is 0 Å². The topological polar surface area (TPSA) is 112 Å². The van der Waals surface area contributed by atoms with E-state index in [0.29, 0.717) is 25.1 Å². The van der Waals surface area contributed by atoms with Crippen LogP contribution in [0.1, 0.15) is 53.1 Å². The van der Waals surface area contributed by atoms with Crippen LogP contribution in [0.25, 0.3) is 33.4 Å². The average molecular weight is 877 g/mol. The number of benzene rings is 7. The van der Waals surface area contributed by atoms with Crippen LogP contribution in [0.15, 0.2) is 188 Å². The van der Waals surface area contributed by atoms with Crippen LogP contribution >= 0.6 is 0 Å². The zero-order chi connectivity index (χ0) is 46.1. The van der Waals surface area contributed by atoms with E-state index in [4.69, 9.17) is 18.9 Å². The summed E-state index contributed by atoms with van der Waals surface area (Å²) < 4.78 is 21.5. The maximum atomic E-state index is 12.9. The molecule has 0 saturated carbocycles. The fourth-order valence-corrected chi connectivity index (χ4v) is 7.80.